The molecule has 6 heteroatoms. The highest BCUT2D eigenvalue weighted by Crippen LogP contribution is 2.32. The van der Waals surface area contributed by atoms with E-state index < -0.39 is 5.54 Å². The average Bonchev–Trinajstić information content (AvgIpc) is 2.87. The monoisotopic (exact) mass is 255 g/mol. The van der Waals surface area contributed by atoms with E-state index in [1.807, 2.05) is 6.92 Å². The van der Waals surface area contributed by atoms with Gasteiger partial charge < -0.3 is 10.5 Å². The van der Waals surface area contributed by atoms with Crippen LogP contribution in [0.3, 0.4) is 0 Å². The number of likely N-dealkylation sites (tertiary alicyclic amines) is 1. The lowest BCUT2D eigenvalue weighted by Crippen LogP contribution is -2.48. The van der Waals surface area contributed by atoms with Crippen LogP contribution in [0.1, 0.15) is 24.6 Å². The molecule has 0 bridgehead atoms. The van der Waals surface area contributed by atoms with Gasteiger partial charge in [0.1, 0.15) is 5.54 Å². The number of thiazole rings is 1. The van der Waals surface area contributed by atoms with Crippen molar-refractivity contribution in [3.05, 3.63) is 11.1 Å². The Morgan fingerprint density at radius 1 is 1.76 bits per heavy atom. The van der Waals surface area contributed by atoms with Gasteiger partial charge in [-0.3, -0.25) is 9.69 Å². The predicted molar refractivity (Wildman–Crippen MR) is 66.6 cm³/mol. The summed E-state index contributed by atoms with van der Waals surface area (Å²) in [7, 11) is 1.44. The summed E-state index contributed by atoms with van der Waals surface area (Å²) in [6, 6.07) is 0. The van der Waals surface area contributed by atoms with Crippen LogP contribution in [0.25, 0.3) is 0 Å². The molecule has 0 spiro atoms. The summed E-state index contributed by atoms with van der Waals surface area (Å²) in [6.07, 6.45) is 3.63. The topological polar surface area (TPSA) is 68.5 Å². The number of nitrogens with two attached hydrogens (primary N) is 1. The highest BCUT2D eigenvalue weighted by Gasteiger charge is 2.44. The molecular formula is C11H17N3O2S. The molecule has 0 radical (unpaired) electrons. The molecule has 1 aromatic heterocycles. The number of hydrogen-bond donors (Lipinski definition) is 1. The highest BCUT2D eigenvalue weighted by molar-refractivity contribution is 7.15. The van der Waals surface area contributed by atoms with Crippen LogP contribution >= 0.6 is 11.3 Å². The Hall–Kier alpha value is -1.14. The molecule has 17 heavy (non-hydrogen) atoms. The van der Waals surface area contributed by atoms with E-state index >= 15 is 0 Å². The molecule has 2 N–H and O–H groups in total. The predicted octanol–water partition coefficient (Wildman–Crippen LogP) is 1.25. The van der Waals surface area contributed by atoms with Crippen molar-refractivity contribution in [3.63, 3.8) is 0 Å². The Balaban J connectivity index is 2.12. The maximum absolute atomic E-state index is 11.8. The van der Waals surface area contributed by atoms with Gasteiger partial charge >= 0.3 is 5.97 Å². The molecule has 2 rings (SSSR count). The molecule has 1 atom stereocenters. The number of ether oxygens (including phenoxy) is 1. The normalized spacial score (nSPS) is 25.1. The quantitative estimate of drug-likeness (QED) is 0.823. The SMILES string of the molecule is COC(=O)C1(C)CCCN1Cc1cnc(N)s1. The number of esters is 1. The zero-order chi connectivity index (χ0) is 12.5. The molecule has 0 amide bonds. The molecule has 1 aliphatic heterocycles. The Labute approximate surface area is 105 Å². The molecule has 1 saturated heterocycles. The van der Waals surface area contributed by atoms with E-state index in [-0.39, 0.29) is 5.97 Å². The first-order valence-electron chi connectivity index (χ1n) is 5.60. The number of nitrogen functional groups attached to an aromatic ring is 1. The second-order valence-electron chi connectivity index (χ2n) is 4.46. The third kappa shape index (κ3) is 2.28. The number of aromatic nitrogens is 1. The van der Waals surface area contributed by atoms with E-state index in [2.05, 4.69) is 9.88 Å². The molecule has 0 saturated carbocycles. The summed E-state index contributed by atoms with van der Waals surface area (Å²) in [5, 5.41) is 0.568. The van der Waals surface area contributed by atoms with Crippen molar-refractivity contribution in [1.29, 1.82) is 0 Å². The van der Waals surface area contributed by atoms with Gasteiger partial charge in [-0.2, -0.15) is 0 Å². The zero-order valence-corrected chi connectivity index (χ0v) is 10.9. The van der Waals surface area contributed by atoms with E-state index in [1.54, 1.807) is 6.20 Å². The van der Waals surface area contributed by atoms with Crippen LogP contribution in [0.2, 0.25) is 0 Å². The van der Waals surface area contributed by atoms with Gasteiger partial charge in [0.25, 0.3) is 0 Å². The van der Waals surface area contributed by atoms with E-state index in [0.29, 0.717) is 11.7 Å². The van der Waals surface area contributed by atoms with Crippen LogP contribution in [-0.2, 0) is 16.1 Å². The summed E-state index contributed by atoms with van der Waals surface area (Å²) in [5.41, 5.74) is 5.10. The number of anilines is 1. The van der Waals surface area contributed by atoms with E-state index in [0.717, 1.165) is 24.3 Å². The summed E-state index contributed by atoms with van der Waals surface area (Å²) in [4.78, 5) is 19.1. The van der Waals surface area contributed by atoms with Crippen molar-refractivity contribution >= 4 is 22.4 Å². The number of methoxy groups -OCH3 is 1. The molecular weight excluding hydrogens is 238 g/mol. The lowest BCUT2D eigenvalue weighted by molar-refractivity contribution is -0.152. The van der Waals surface area contributed by atoms with Crippen molar-refractivity contribution in [2.24, 2.45) is 0 Å². The van der Waals surface area contributed by atoms with Gasteiger partial charge in [-0.1, -0.05) is 0 Å². The number of nitrogens with zero attached hydrogens (tertiary/aromatic N) is 2. The Kier molecular flexibility index (Phi) is 3.35. The maximum atomic E-state index is 11.8. The minimum atomic E-state index is -0.506. The molecule has 1 aliphatic rings. The van der Waals surface area contributed by atoms with Crippen LogP contribution in [0, 0.1) is 0 Å². The maximum Gasteiger partial charge on any atom is 0.326 e. The highest BCUT2D eigenvalue weighted by atomic mass is 32.1. The van der Waals surface area contributed by atoms with E-state index in [1.165, 1.54) is 18.4 Å². The van der Waals surface area contributed by atoms with Gasteiger partial charge in [0.2, 0.25) is 0 Å². The molecule has 1 unspecified atom stereocenters. The van der Waals surface area contributed by atoms with Crippen LogP contribution in [-0.4, -0.2) is 35.0 Å². The molecule has 5 nitrogen and oxygen atoms in total. The summed E-state index contributed by atoms with van der Waals surface area (Å²) in [6.45, 7) is 3.56. The van der Waals surface area contributed by atoms with Crippen molar-refractivity contribution in [2.75, 3.05) is 19.4 Å². The van der Waals surface area contributed by atoms with Crippen molar-refractivity contribution in [2.45, 2.75) is 31.8 Å². The lowest BCUT2D eigenvalue weighted by Gasteiger charge is -2.31. The lowest BCUT2D eigenvalue weighted by atomic mass is 9.99. The third-order valence-electron chi connectivity index (χ3n) is 3.33. The summed E-state index contributed by atoms with van der Waals surface area (Å²) >= 11 is 1.47. The first kappa shape index (κ1) is 12.3. The fourth-order valence-electron chi connectivity index (χ4n) is 2.31. The summed E-state index contributed by atoms with van der Waals surface area (Å²) < 4.78 is 4.89. The van der Waals surface area contributed by atoms with E-state index in [4.69, 9.17) is 10.5 Å². The van der Waals surface area contributed by atoms with Gasteiger partial charge in [-0.25, -0.2) is 4.98 Å². The second-order valence-corrected chi connectivity index (χ2v) is 5.60. The Morgan fingerprint density at radius 3 is 3.12 bits per heavy atom. The van der Waals surface area contributed by atoms with Crippen LogP contribution in [0.5, 0.6) is 0 Å². The second kappa shape index (κ2) is 4.62. The third-order valence-corrected chi connectivity index (χ3v) is 4.14. The van der Waals surface area contributed by atoms with Crippen molar-refractivity contribution in [3.8, 4) is 0 Å². The number of carbonyl (C=O) groups excluding carboxylic acids is 1. The summed E-state index contributed by atoms with van der Waals surface area (Å²) in [5.74, 6) is -0.160. The molecule has 1 fully saturated rings. The van der Waals surface area contributed by atoms with Crippen molar-refractivity contribution in [1.82, 2.24) is 9.88 Å². The smallest absolute Gasteiger partial charge is 0.326 e. The zero-order valence-electron chi connectivity index (χ0n) is 10.1. The first-order valence-corrected chi connectivity index (χ1v) is 6.41. The number of hydrogen-bond acceptors (Lipinski definition) is 6. The van der Waals surface area contributed by atoms with Gasteiger partial charge in [0.05, 0.1) is 7.11 Å². The molecule has 2 heterocycles. The fraction of sp³-hybridized carbons (Fsp3) is 0.636. The first-order chi connectivity index (χ1) is 8.06. The molecule has 0 aliphatic carbocycles. The van der Waals surface area contributed by atoms with Gasteiger partial charge in [0, 0.05) is 17.6 Å². The minimum Gasteiger partial charge on any atom is -0.468 e. The molecule has 0 aromatic carbocycles. The molecule has 94 valence electrons. The minimum absolute atomic E-state index is 0.160. The average molecular weight is 255 g/mol. The van der Waals surface area contributed by atoms with E-state index in [9.17, 15) is 4.79 Å². The van der Waals surface area contributed by atoms with Gasteiger partial charge in [-0.05, 0) is 26.3 Å². The van der Waals surface area contributed by atoms with Crippen LogP contribution in [0.4, 0.5) is 5.13 Å². The fourth-order valence-corrected chi connectivity index (χ4v) is 3.01. The van der Waals surface area contributed by atoms with Crippen LogP contribution < -0.4 is 5.73 Å². The number of carbonyl (C=O) groups is 1. The van der Waals surface area contributed by atoms with Gasteiger partial charge in [-0.15, -0.1) is 11.3 Å². The van der Waals surface area contributed by atoms with Crippen molar-refractivity contribution < 1.29 is 9.53 Å². The number of rotatable bonds is 3. The standard InChI is InChI=1S/C11H17N3O2S/c1-11(9(15)16-2)4-3-5-14(11)7-8-6-13-10(12)17-8/h6H,3-5,7H2,1-2H3,(H2,12,13). The largest absolute Gasteiger partial charge is 0.468 e. The van der Waals surface area contributed by atoms with Gasteiger partial charge in [0.15, 0.2) is 5.13 Å². The van der Waals surface area contributed by atoms with Crippen LogP contribution in [0.15, 0.2) is 6.20 Å². The Bertz CT molecular complexity index is 421. The Morgan fingerprint density at radius 2 is 2.53 bits per heavy atom. The molecule has 1 aromatic rings.